The molecule has 0 atom stereocenters. The summed E-state index contributed by atoms with van der Waals surface area (Å²) in [6.07, 6.45) is 2.77. The van der Waals surface area contributed by atoms with Crippen molar-refractivity contribution in [2.75, 3.05) is 36.4 Å². The molecule has 1 saturated heterocycles. The minimum absolute atomic E-state index is 0.243. The third kappa shape index (κ3) is 7.15. The van der Waals surface area contributed by atoms with Gasteiger partial charge in [0.15, 0.2) is 0 Å². The minimum atomic E-state index is -0.477. The molecule has 0 saturated carbocycles. The number of anilines is 3. The molecule has 0 spiro atoms. The number of nitrogens with one attached hydrogen (secondary N) is 3. The molecule has 49 heavy (non-hydrogen) atoms. The van der Waals surface area contributed by atoms with Crippen LogP contribution >= 0.6 is 43.5 Å². The summed E-state index contributed by atoms with van der Waals surface area (Å²) in [6, 6.07) is 20.4. The number of hydrogen-bond donors (Lipinski definition) is 3. The second-order valence-electron chi connectivity index (χ2n) is 12.6. The quantitative estimate of drug-likeness (QED) is 0.151. The van der Waals surface area contributed by atoms with Gasteiger partial charge in [-0.2, -0.15) is 0 Å². The summed E-state index contributed by atoms with van der Waals surface area (Å²) in [4.78, 5) is 39.9. The van der Waals surface area contributed by atoms with Gasteiger partial charge in [0.05, 0.1) is 10.8 Å². The van der Waals surface area contributed by atoms with Crippen LogP contribution in [0.4, 0.5) is 22.0 Å². The highest BCUT2D eigenvalue weighted by Gasteiger charge is 2.26. The van der Waals surface area contributed by atoms with Crippen LogP contribution in [0.3, 0.4) is 0 Å². The highest BCUT2D eigenvalue weighted by Crippen LogP contribution is 2.33. The number of benzene rings is 3. The molecule has 5 heterocycles. The lowest BCUT2D eigenvalue weighted by molar-refractivity contribution is 0.0240. The predicted molar refractivity (Wildman–Crippen MR) is 203 cm³/mol. The Bertz CT molecular complexity index is 2310. The van der Waals surface area contributed by atoms with E-state index in [-0.39, 0.29) is 6.09 Å². The molecule has 7 aromatic rings. The van der Waals surface area contributed by atoms with Gasteiger partial charge >= 0.3 is 6.09 Å². The Hall–Kier alpha value is -4.46. The largest absolute Gasteiger partial charge is 0.444 e. The maximum absolute atomic E-state index is 12.3. The van der Waals surface area contributed by atoms with Gasteiger partial charge in [-0.3, -0.25) is 0 Å². The smallest absolute Gasteiger partial charge is 0.410 e. The Balaban J connectivity index is 0.000000209. The predicted octanol–water partition coefficient (Wildman–Crippen LogP) is 9.20. The molecule has 1 amide bonds. The first-order chi connectivity index (χ1) is 23.5. The van der Waals surface area contributed by atoms with E-state index >= 15 is 0 Å². The highest BCUT2D eigenvalue weighted by atomic mass is 79.9. The van der Waals surface area contributed by atoms with Gasteiger partial charge in [-0.1, -0.05) is 43.5 Å². The molecule has 1 aliphatic rings. The Kier molecular flexibility index (Phi) is 9.07. The van der Waals surface area contributed by atoms with E-state index in [0.717, 1.165) is 83.1 Å². The van der Waals surface area contributed by atoms with E-state index in [0.29, 0.717) is 18.2 Å². The molecule has 250 valence electrons. The van der Waals surface area contributed by atoms with Gasteiger partial charge in [-0.15, -0.1) is 0 Å². The van der Waals surface area contributed by atoms with E-state index in [1.165, 1.54) is 6.33 Å². The number of rotatable bonds is 3. The van der Waals surface area contributed by atoms with Crippen LogP contribution in [0.25, 0.3) is 43.9 Å². The van der Waals surface area contributed by atoms with Crippen LogP contribution in [0.1, 0.15) is 20.8 Å². The lowest BCUT2D eigenvalue weighted by atomic mass is 10.2. The van der Waals surface area contributed by atoms with Crippen molar-refractivity contribution in [3.8, 4) is 0 Å². The van der Waals surface area contributed by atoms with Gasteiger partial charge in [-0.25, -0.2) is 24.7 Å². The van der Waals surface area contributed by atoms with Crippen LogP contribution in [-0.2, 0) is 4.74 Å². The maximum Gasteiger partial charge on any atom is 0.410 e. The summed E-state index contributed by atoms with van der Waals surface area (Å²) in [5.74, 6) is 0.757. The Morgan fingerprint density at radius 1 is 0.796 bits per heavy atom. The zero-order valence-corrected chi connectivity index (χ0v) is 30.8. The lowest BCUT2D eigenvalue weighted by Crippen LogP contribution is -2.50. The minimum Gasteiger partial charge on any atom is -0.444 e. The third-order valence-electron chi connectivity index (χ3n) is 8.08. The monoisotopic (exact) mass is 803 g/mol. The molecule has 4 aromatic heterocycles. The van der Waals surface area contributed by atoms with Gasteiger partial charge < -0.3 is 29.8 Å². The number of H-pyrrole nitrogens is 2. The van der Waals surface area contributed by atoms with E-state index in [2.05, 4.69) is 90.2 Å². The van der Waals surface area contributed by atoms with Crippen molar-refractivity contribution in [3.05, 3.63) is 87.4 Å². The van der Waals surface area contributed by atoms with Crippen molar-refractivity contribution in [2.45, 2.75) is 26.4 Å². The van der Waals surface area contributed by atoms with E-state index in [1.807, 2.05) is 63.2 Å². The van der Waals surface area contributed by atoms with Crippen LogP contribution in [0, 0.1) is 0 Å². The SMILES string of the molecule is CC(C)(C)OC(=O)N1CCN(c2ccc(Nc3ncnc4[nH]c5ccc(Br)cc5c34)cc2)CC1.Clc1ncnc2[nH]c3ccc(Br)cc3c12. The molecular weight excluding hydrogens is 774 g/mol. The summed E-state index contributed by atoms with van der Waals surface area (Å²) in [5, 5.41) is 7.84. The first-order valence-corrected chi connectivity index (χ1v) is 17.6. The topological polar surface area (TPSA) is 128 Å². The molecule has 0 unspecified atom stereocenters. The fourth-order valence-electron chi connectivity index (χ4n) is 5.81. The van der Waals surface area contributed by atoms with Crippen molar-refractivity contribution in [1.82, 2.24) is 34.8 Å². The van der Waals surface area contributed by atoms with Crippen molar-refractivity contribution in [3.63, 3.8) is 0 Å². The second kappa shape index (κ2) is 13.4. The number of amides is 1. The Morgan fingerprint density at radius 2 is 1.37 bits per heavy atom. The van der Waals surface area contributed by atoms with Crippen LogP contribution < -0.4 is 10.2 Å². The molecule has 0 aliphatic carbocycles. The molecule has 0 bridgehead atoms. The van der Waals surface area contributed by atoms with Gasteiger partial charge in [0.2, 0.25) is 0 Å². The molecule has 1 aliphatic heterocycles. The third-order valence-corrected chi connectivity index (χ3v) is 9.36. The average Bonchev–Trinajstić information content (AvgIpc) is 3.63. The molecule has 11 nitrogen and oxygen atoms in total. The number of aromatic amines is 2. The number of nitrogens with zero attached hydrogens (tertiary/aromatic N) is 6. The van der Waals surface area contributed by atoms with Crippen LogP contribution in [0.2, 0.25) is 5.15 Å². The van der Waals surface area contributed by atoms with Gasteiger partial charge in [-0.05, 0) is 81.4 Å². The van der Waals surface area contributed by atoms with Gasteiger partial charge in [0.1, 0.15) is 40.5 Å². The summed E-state index contributed by atoms with van der Waals surface area (Å²) in [6.45, 7) is 8.49. The number of aromatic nitrogens is 6. The summed E-state index contributed by atoms with van der Waals surface area (Å²) in [5.41, 5.74) is 5.18. The van der Waals surface area contributed by atoms with Gasteiger partial charge in [0, 0.05) is 68.3 Å². The molecular formula is C35H32Br2ClN9O2. The van der Waals surface area contributed by atoms with E-state index in [9.17, 15) is 4.79 Å². The van der Waals surface area contributed by atoms with Crippen LogP contribution in [0.15, 0.2) is 82.3 Å². The average molecular weight is 806 g/mol. The van der Waals surface area contributed by atoms with Crippen molar-refractivity contribution in [2.24, 2.45) is 0 Å². The van der Waals surface area contributed by atoms with E-state index < -0.39 is 5.60 Å². The number of halogens is 3. The number of carbonyl (C=O) groups excluding carboxylic acids is 1. The summed E-state index contributed by atoms with van der Waals surface area (Å²) >= 11 is 13.0. The number of piperazine rings is 1. The lowest BCUT2D eigenvalue weighted by Gasteiger charge is -2.36. The summed E-state index contributed by atoms with van der Waals surface area (Å²) < 4.78 is 7.51. The number of fused-ring (bicyclic) bond motifs is 6. The zero-order valence-electron chi connectivity index (χ0n) is 26.9. The number of ether oxygens (including phenoxy) is 1. The van der Waals surface area contributed by atoms with Crippen LogP contribution in [0.5, 0.6) is 0 Å². The molecule has 1 fully saturated rings. The number of hydrogen-bond acceptors (Lipinski definition) is 8. The first-order valence-electron chi connectivity index (χ1n) is 15.6. The van der Waals surface area contributed by atoms with Crippen molar-refractivity contribution in [1.29, 1.82) is 0 Å². The fourth-order valence-corrected chi connectivity index (χ4v) is 6.77. The van der Waals surface area contributed by atoms with E-state index in [1.54, 1.807) is 11.2 Å². The fraction of sp³-hybridized carbons (Fsp3) is 0.229. The normalized spacial score (nSPS) is 13.6. The van der Waals surface area contributed by atoms with Crippen molar-refractivity contribution < 1.29 is 9.53 Å². The van der Waals surface area contributed by atoms with Crippen molar-refractivity contribution >= 4 is 111 Å². The first kappa shape index (κ1) is 33.1. The second-order valence-corrected chi connectivity index (χ2v) is 14.8. The molecule has 14 heteroatoms. The van der Waals surface area contributed by atoms with E-state index in [4.69, 9.17) is 16.3 Å². The molecule has 8 rings (SSSR count). The summed E-state index contributed by atoms with van der Waals surface area (Å²) in [7, 11) is 0. The van der Waals surface area contributed by atoms with Crippen LogP contribution in [-0.4, -0.2) is 72.7 Å². The Labute approximate surface area is 303 Å². The Morgan fingerprint density at radius 3 is 1.98 bits per heavy atom. The van der Waals surface area contributed by atoms with Gasteiger partial charge in [0.25, 0.3) is 0 Å². The molecule has 3 aromatic carbocycles. The molecule has 0 radical (unpaired) electrons. The maximum atomic E-state index is 12.3. The number of carbonyl (C=O) groups is 1. The molecule has 3 N–H and O–H groups in total. The highest BCUT2D eigenvalue weighted by molar-refractivity contribution is 9.10. The zero-order chi connectivity index (χ0) is 34.3. The standard InChI is InChI=1S/C25H27BrN6O2.C10H5BrClN3/c1-25(2,3)34-24(33)32-12-10-31(11-13-32)18-7-5-17(6-8-18)29-22-21-19-14-16(26)4-9-20(19)30-23(21)28-15-27-22;11-5-1-2-7-6(3-5)8-9(12)13-4-14-10(8)15-7/h4-9,14-15H,10-13H2,1-3H3,(H2,27,28,29,30);1-4H,(H,13,14,15).